The molecular formula is C19H27N5O4S. The third kappa shape index (κ3) is 4.09. The number of carbonyl (C=O) groups is 1. The summed E-state index contributed by atoms with van der Waals surface area (Å²) < 4.78 is 27.9. The van der Waals surface area contributed by atoms with Crippen molar-refractivity contribution < 1.29 is 18.0 Å². The van der Waals surface area contributed by atoms with Gasteiger partial charge in [0.15, 0.2) is 6.61 Å². The number of fused-ring (bicyclic) bond motifs is 1. The third-order valence-electron chi connectivity index (χ3n) is 5.63. The SMILES string of the molecule is C[C@@H]1C[C@H](C)CN(S(=O)(=O)c2ccc3nnn(OCC(=O)N4CCCC4)c3c2)C1. The molecule has 1 amide bonds. The molecule has 158 valence electrons. The van der Waals surface area contributed by atoms with Gasteiger partial charge in [-0.15, -0.1) is 5.10 Å². The molecule has 4 rings (SSSR count). The van der Waals surface area contributed by atoms with Crippen molar-refractivity contribution in [3.05, 3.63) is 18.2 Å². The molecular weight excluding hydrogens is 394 g/mol. The van der Waals surface area contributed by atoms with E-state index in [-0.39, 0.29) is 17.4 Å². The number of carbonyl (C=O) groups excluding carboxylic acids is 1. The van der Waals surface area contributed by atoms with Crippen LogP contribution in [-0.2, 0) is 14.8 Å². The Balaban J connectivity index is 1.55. The van der Waals surface area contributed by atoms with Gasteiger partial charge in [0.1, 0.15) is 11.0 Å². The van der Waals surface area contributed by atoms with Crippen LogP contribution in [0.15, 0.2) is 23.1 Å². The molecule has 10 heteroatoms. The number of benzene rings is 1. The highest BCUT2D eigenvalue weighted by molar-refractivity contribution is 7.89. The molecule has 1 aromatic carbocycles. The minimum Gasteiger partial charge on any atom is -0.385 e. The minimum absolute atomic E-state index is 0.105. The molecule has 0 aliphatic carbocycles. The molecule has 3 heterocycles. The van der Waals surface area contributed by atoms with E-state index in [1.165, 1.54) is 6.07 Å². The molecule has 2 aliphatic rings. The highest BCUT2D eigenvalue weighted by Gasteiger charge is 2.32. The van der Waals surface area contributed by atoms with Gasteiger partial charge in [0.2, 0.25) is 10.0 Å². The second-order valence-corrected chi connectivity index (χ2v) is 10.2. The van der Waals surface area contributed by atoms with Crippen molar-refractivity contribution in [3.63, 3.8) is 0 Å². The zero-order valence-corrected chi connectivity index (χ0v) is 17.6. The number of rotatable bonds is 5. The van der Waals surface area contributed by atoms with E-state index in [0.717, 1.165) is 37.2 Å². The standard InChI is InChI=1S/C19H27N5O4S/c1-14-9-15(2)12-23(11-14)29(26,27)16-5-6-17-18(10-16)24(21-20-17)28-13-19(25)22-7-3-4-8-22/h5-6,10,14-15H,3-4,7-9,11-13H2,1-2H3/t14-,15+. The third-order valence-corrected chi connectivity index (χ3v) is 7.46. The minimum atomic E-state index is -3.62. The second-order valence-electron chi connectivity index (χ2n) is 8.24. The Bertz CT molecular complexity index is 989. The number of aromatic nitrogens is 3. The summed E-state index contributed by atoms with van der Waals surface area (Å²) >= 11 is 0. The van der Waals surface area contributed by atoms with Gasteiger partial charge in [-0.25, -0.2) is 8.42 Å². The van der Waals surface area contributed by atoms with Gasteiger partial charge in [0, 0.05) is 26.2 Å². The molecule has 0 bridgehead atoms. The van der Waals surface area contributed by atoms with Crippen LogP contribution >= 0.6 is 0 Å². The summed E-state index contributed by atoms with van der Waals surface area (Å²) in [5, 5.41) is 7.93. The summed E-state index contributed by atoms with van der Waals surface area (Å²) in [6, 6.07) is 4.69. The smallest absolute Gasteiger partial charge is 0.263 e. The maximum absolute atomic E-state index is 13.2. The molecule has 2 aromatic rings. The van der Waals surface area contributed by atoms with Crippen LogP contribution in [0.1, 0.15) is 33.1 Å². The molecule has 2 fully saturated rings. The quantitative estimate of drug-likeness (QED) is 0.718. The predicted molar refractivity (Wildman–Crippen MR) is 106 cm³/mol. The summed E-state index contributed by atoms with van der Waals surface area (Å²) in [4.78, 5) is 20.8. The van der Waals surface area contributed by atoms with E-state index in [0.29, 0.717) is 36.0 Å². The number of sulfonamides is 1. The van der Waals surface area contributed by atoms with Crippen molar-refractivity contribution in [2.75, 3.05) is 32.8 Å². The second kappa shape index (κ2) is 7.91. The first kappa shape index (κ1) is 20.1. The normalized spacial score (nSPS) is 23.6. The molecule has 1 aromatic heterocycles. The van der Waals surface area contributed by atoms with Crippen molar-refractivity contribution in [3.8, 4) is 0 Å². The Labute approximate surface area is 170 Å². The molecule has 0 radical (unpaired) electrons. The van der Waals surface area contributed by atoms with Crippen LogP contribution in [0.4, 0.5) is 0 Å². The van der Waals surface area contributed by atoms with Crippen LogP contribution in [0.3, 0.4) is 0 Å². The van der Waals surface area contributed by atoms with Gasteiger partial charge in [-0.1, -0.05) is 18.7 Å². The number of hydrogen-bond acceptors (Lipinski definition) is 6. The molecule has 2 saturated heterocycles. The fourth-order valence-electron chi connectivity index (χ4n) is 4.26. The first-order chi connectivity index (χ1) is 13.8. The summed E-state index contributed by atoms with van der Waals surface area (Å²) in [7, 11) is -3.62. The summed E-state index contributed by atoms with van der Waals surface area (Å²) in [5.41, 5.74) is 0.941. The summed E-state index contributed by atoms with van der Waals surface area (Å²) in [5.74, 6) is 0.542. The summed E-state index contributed by atoms with van der Waals surface area (Å²) in [6.45, 7) is 6.52. The average Bonchev–Trinajstić information content (AvgIpc) is 3.35. The van der Waals surface area contributed by atoms with E-state index in [1.807, 2.05) is 0 Å². The lowest BCUT2D eigenvalue weighted by atomic mass is 9.94. The zero-order chi connectivity index (χ0) is 20.6. The first-order valence-corrected chi connectivity index (χ1v) is 11.6. The van der Waals surface area contributed by atoms with E-state index >= 15 is 0 Å². The van der Waals surface area contributed by atoms with Crippen molar-refractivity contribution in [2.45, 2.75) is 38.0 Å². The van der Waals surface area contributed by atoms with Gasteiger partial charge in [-0.3, -0.25) is 4.79 Å². The van der Waals surface area contributed by atoms with E-state index in [1.54, 1.807) is 21.3 Å². The average molecular weight is 422 g/mol. The largest absolute Gasteiger partial charge is 0.385 e. The monoisotopic (exact) mass is 421 g/mol. The van der Waals surface area contributed by atoms with Gasteiger partial charge < -0.3 is 9.74 Å². The molecule has 29 heavy (non-hydrogen) atoms. The predicted octanol–water partition coefficient (Wildman–Crippen LogP) is 1.15. The van der Waals surface area contributed by atoms with Crippen LogP contribution in [0.25, 0.3) is 11.0 Å². The number of amides is 1. The summed E-state index contributed by atoms with van der Waals surface area (Å²) in [6.07, 6.45) is 3.04. The first-order valence-electron chi connectivity index (χ1n) is 10.1. The van der Waals surface area contributed by atoms with E-state index in [2.05, 4.69) is 24.2 Å². The molecule has 0 spiro atoms. The Morgan fingerprint density at radius 2 is 1.86 bits per heavy atom. The van der Waals surface area contributed by atoms with Crippen LogP contribution < -0.4 is 4.84 Å². The highest BCUT2D eigenvalue weighted by atomic mass is 32.2. The maximum Gasteiger partial charge on any atom is 0.263 e. The van der Waals surface area contributed by atoms with E-state index in [4.69, 9.17) is 4.84 Å². The van der Waals surface area contributed by atoms with Crippen molar-refractivity contribution in [1.82, 2.24) is 24.4 Å². The lowest BCUT2D eigenvalue weighted by Crippen LogP contribution is -2.42. The zero-order valence-electron chi connectivity index (χ0n) is 16.8. The fraction of sp³-hybridized carbons (Fsp3) is 0.632. The van der Waals surface area contributed by atoms with E-state index < -0.39 is 10.0 Å². The molecule has 2 atom stereocenters. The lowest BCUT2D eigenvalue weighted by molar-refractivity contribution is -0.135. The molecule has 0 saturated carbocycles. The molecule has 0 N–H and O–H groups in total. The molecule has 0 unspecified atom stereocenters. The Morgan fingerprint density at radius 3 is 2.55 bits per heavy atom. The Morgan fingerprint density at radius 1 is 1.17 bits per heavy atom. The van der Waals surface area contributed by atoms with Crippen molar-refractivity contribution in [2.24, 2.45) is 11.8 Å². The van der Waals surface area contributed by atoms with Crippen molar-refractivity contribution in [1.29, 1.82) is 0 Å². The number of piperidine rings is 1. The highest BCUT2D eigenvalue weighted by Crippen LogP contribution is 2.27. The van der Waals surface area contributed by atoms with E-state index in [9.17, 15) is 13.2 Å². The number of nitrogens with zero attached hydrogens (tertiary/aromatic N) is 5. The number of hydrogen-bond donors (Lipinski definition) is 0. The van der Waals surface area contributed by atoms with Crippen LogP contribution in [0.2, 0.25) is 0 Å². The van der Waals surface area contributed by atoms with Crippen molar-refractivity contribution >= 4 is 27.0 Å². The maximum atomic E-state index is 13.2. The van der Waals surface area contributed by atoms with Crippen LogP contribution in [0, 0.1) is 11.8 Å². The Hall–Kier alpha value is -2.20. The number of likely N-dealkylation sites (tertiary alicyclic amines) is 1. The van der Waals surface area contributed by atoms with Gasteiger partial charge in [0.05, 0.1) is 4.90 Å². The fourth-order valence-corrected chi connectivity index (χ4v) is 5.96. The molecule has 9 nitrogen and oxygen atoms in total. The van der Waals surface area contributed by atoms with Crippen LogP contribution in [-0.4, -0.2) is 71.5 Å². The van der Waals surface area contributed by atoms with Gasteiger partial charge in [-0.2, -0.15) is 4.31 Å². The topological polar surface area (TPSA) is 97.6 Å². The lowest BCUT2D eigenvalue weighted by Gasteiger charge is -2.34. The van der Waals surface area contributed by atoms with Gasteiger partial charge in [-0.05, 0) is 54.5 Å². The van der Waals surface area contributed by atoms with Gasteiger partial charge in [0.25, 0.3) is 5.91 Å². The van der Waals surface area contributed by atoms with Gasteiger partial charge >= 0.3 is 0 Å². The Kier molecular flexibility index (Phi) is 5.48. The molecule has 2 aliphatic heterocycles. The van der Waals surface area contributed by atoms with Crippen LogP contribution in [0.5, 0.6) is 0 Å².